The van der Waals surface area contributed by atoms with Gasteiger partial charge in [-0.3, -0.25) is 4.98 Å². The number of hydrogen-bond acceptors (Lipinski definition) is 4. The lowest BCUT2D eigenvalue weighted by Gasteiger charge is -2.02. The summed E-state index contributed by atoms with van der Waals surface area (Å²) in [6.45, 7) is 2.01. The maximum absolute atomic E-state index is 5.41. The van der Waals surface area contributed by atoms with Crippen molar-refractivity contribution in [3.63, 3.8) is 0 Å². The van der Waals surface area contributed by atoms with Gasteiger partial charge in [0, 0.05) is 28.6 Å². The highest BCUT2D eigenvalue weighted by Crippen LogP contribution is 2.21. The van der Waals surface area contributed by atoms with Crippen LogP contribution in [0.5, 0.6) is 0 Å². The van der Waals surface area contributed by atoms with Crippen LogP contribution in [-0.4, -0.2) is 15.0 Å². The fraction of sp³-hybridized carbons (Fsp3) is 0.100. The van der Waals surface area contributed by atoms with Gasteiger partial charge < -0.3 is 5.73 Å². The fourth-order valence-electron chi connectivity index (χ4n) is 1.17. The molecule has 0 aromatic carbocycles. The predicted molar refractivity (Wildman–Crippen MR) is 62.1 cm³/mol. The van der Waals surface area contributed by atoms with Crippen LogP contribution in [0.25, 0.3) is 11.3 Å². The Kier molecular flexibility index (Phi) is 2.64. The van der Waals surface area contributed by atoms with Crippen molar-refractivity contribution in [1.29, 1.82) is 0 Å². The summed E-state index contributed by atoms with van der Waals surface area (Å²) in [5.41, 5.74) is 8.23. The molecule has 4 nitrogen and oxygen atoms in total. The molecule has 0 saturated heterocycles. The average molecular weight is 265 g/mol. The van der Waals surface area contributed by atoms with Gasteiger partial charge >= 0.3 is 0 Å². The number of nitrogen functional groups attached to an aromatic ring is 1. The van der Waals surface area contributed by atoms with Gasteiger partial charge in [0.2, 0.25) is 5.95 Å². The minimum absolute atomic E-state index is 0.271. The summed E-state index contributed by atoms with van der Waals surface area (Å²) >= 11 is 3.40. The summed E-state index contributed by atoms with van der Waals surface area (Å²) in [6.07, 6.45) is 5.09. The van der Waals surface area contributed by atoms with E-state index >= 15 is 0 Å². The van der Waals surface area contributed by atoms with E-state index in [4.69, 9.17) is 5.73 Å². The van der Waals surface area contributed by atoms with E-state index in [0.717, 1.165) is 21.3 Å². The minimum atomic E-state index is 0.271. The molecule has 15 heavy (non-hydrogen) atoms. The number of nitrogens with zero attached hydrogens (tertiary/aromatic N) is 3. The number of hydrogen-bond donors (Lipinski definition) is 1. The van der Waals surface area contributed by atoms with E-state index < -0.39 is 0 Å². The minimum Gasteiger partial charge on any atom is -0.368 e. The third kappa shape index (κ3) is 2.12. The lowest BCUT2D eigenvalue weighted by molar-refractivity contribution is 1.17. The first-order chi connectivity index (χ1) is 7.16. The van der Waals surface area contributed by atoms with Crippen LogP contribution >= 0.6 is 15.9 Å². The Bertz CT molecular complexity index is 481. The summed E-state index contributed by atoms with van der Waals surface area (Å²) in [5.74, 6) is 0.271. The largest absolute Gasteiger partial charge is 0.368 e. The van der Waals surface area contributed by atoms with Crippen LogP contribution in [0.4, 0.5) is 5.95 Å². The van der Waals surface area contributed by atoms with E-state index in [1.54, 1.807) is 18.6 Å². The molecule has 2 N–H and O–H groups in total. The van der Waals surface area contributed by atoms with Crippen molar-refractivity contribution in [1.82, 2.24) is 15.0 Å². The Labute approximate surface area is 95.7 Å². The molecule has 0 aliphatic heterocycles. The molecule has 76 valence electrons. The molecule has 0 amide bonds. The third-order valence-corrected chi connectivity index (χ3v) is 2.84. The number of aryl methyl sites for hydroxylation is 1. The second-order valence-corrected chi connectivity index (χ2v) is 4.00. The molecule has 0 saturated carbocycles. The second kappa shape index (κ2) is 3.94. The predicted octanol–water partition coefficient (Wildman–Crippen LogP) is 2.19. The smallest absolute Gasteiger partial charge is 0.219 e. The first-order valence-corrected chi connectivity index (χ1v) is 5.16. The SMILES string of the molecule is Cc1cc(-c2cnc(N)nc2)ncc1Br. The van der Waals surface area contributed by atoms with E-state index in [1.807, 2.05) is 13.0 Å². The molecular weight excluding hydrogens is 256 g/mol. The summed E-state index contributed by atoms with van der Waals surface area (Å²) in [6, 6.07) is 1.97. The zero-order valence-corrected chi connectivity index (χ0v) is 9.69. The van der Waals surface area contributed by atoms with Crippen LogP contribution in [0, 0.1) is 6.92 Å². The molecule has 0 bridgehead atoms. The second-order valence-electron chi connectivity index (χ2n) is 3.15. The number of halogens is 1. The zero-order valence-electron chi connectivity index (χ0n) is 8.11. The molecule has 0 unspecified atom stereocenters. The van der Waals surface area contributed by atoms with Gasteiger partial charge in [-0.15, -0.1) is 0 Å². The van der Waals surface area contributed by atoms with E-state index in [2.05, 4.69) is 30.9 Å². The molecule has 2 rings (SSSR count). The van der Waals surface area contributed by atoms with E-state index in [-0.39, 0.29) is 5.95 Å². The van der Waals surface area contributed by atoms with Crippen molar-refractivity contribution in [3.05, 3.63) is 34.7 Å². The van der Waals surface area contributed by atoms with Gasteiger partial charge in [0.1, 0.15) is 0 Å². The van der Waals surface area contributed by atoms with Crippen LogP contribution < -0.4 is 5.73 Å². The zero-order chi connectivity index (χ0) is 10.8. The van der Waals surface area contributed by atoms with Crippen LogP contribution in [-0.2, 0) is 0 Å². The monoisotopic (exact) mass is 264 g/mol. The number of nitrogens with two attached hydrogens (primary N) is 1. The van der Waals surface area contributed by atoms with Crippen molar-refractivity contribution < 1.29 is 0 Å². The van der Waals surface area contributed by atoms with Gasteiger partial charge in [0.05, 0.1) is 5.69 Å². The Balaban J connectivity index is 2.45. The van der Waals surface area contributed by atoms with Crippen molar-refractivity contribution in [2.45, 2.75) is 6.92 Å². The molecule has 0 fully saturated rings. The number of aromatic nitrogens is 3. The Morgan fingerprint density at radius 3 is 2.40 bits per heavy atom. The molecule has 0 aliphatic carbocycles. The summed E-state index contributed by atoms with van der Waals surface area (Å²) < 4.78 is 0.989. The van der Waals surface area contributed by atoms with Crippen molar-refractivity contribution in [2.24, 2.45) is 0 Å². The Morgan fingerprint density at radius 1 is 1.13 bits per heavy atom. The molecule has 5 heteroatoms. The lowest BCUT2D eigenvalue weighted by Crippen LogP contribution is -1.94. The highest BCUT2D eigenvalue weighted by molar-refractivity contribution is 9.10. The average Bonchev–Trinajstić information content (AvgIpc) is 2.23. The van der Waals surface area contributed by atoms with Gasteiger partial charge in [-0.25, -0.2) is 9.97 Å². The van der Waals surface area contributed by atoms with Gasteiger partial charge in [-0.05, 0) is 34.5 Å². The van der Waals surface area contributed by atoms with Crippen molar-refractivity contribution in [2.75, 3.05) is 5.73 Å². The van der Waals surface area contributed by atoms with Gasteiger partial charge in [0.25, 0.3) is 0 Å². The fourth-order valence-corrected chi connectivity index (χ4v) is 1.38. The molecule has 2 aromatic heterocycles. The van der Waals surface area contributed by atoms with Crippen LogP contribution in [0.15, 0.2) is 29.1 Å². The van der Waals surface area contributed by atoms with E-state index in [9.17, 15) is 0 Å². The molecular formula is C10H9BrN4. The standard InChI is InChI=1S/C10H9BrN4/c1-6-2-9(13-5-8(6)11)7-3-14-10(12)15-4-7/h2-5H,1H3,(H2,12,14,15). The third-order valence-electron chi connectivity index (χ3n) is 2.01. The molecule has 2 aromatic rings. The highest BCUT2D eigenvalue weighted by atomic mass is 79.9. The molecule has 2 heterocycles. The normalized spacial score (nSPS) is 10.3. The maximum Gasteiger partial charge on any atom is 0.219 e. The molecule has 0 radical (unpaired) electrons. The Hall–Kier alpha value is -1.49. The summed E-state index contributed by atoms with van der Waals surface area (Å²) in [4.78, 5) is 12.1. The van der Waals surface area contributed by atoms with E-state index in [1.165, 1.54) is 0 Å². The summed E-state index contributed by atoms with van der Waals surface area (Å²) in [7, 11) is 0. The van der Waals surface area contributed by atoms with Gasteiger partial charge in [-0.2, -0.15) is 0 Å². The van der Waals surface area contributed by atoms with Gasteiger partial charge in [0.15, 0.2) is 0 Å². The van der Waals surface area contributed by atoms with Crippen LogP contribution in [0.2, 0.25) is 0 Å². The maximum atomic E-state index is 5.41. The van der Waals surface area contributed by atoms with Crippen molar-refractivity contribution >= 4 is 21.9 Å². The first kappa shape index (κ1) is 10.0. The van der Waals surface area contributed by atoms with Crippen LogP contribution in [0.1, 0.15) is 5.56 Å². The highest BCUT2D eigenvalue weighted by Gasteiger charge is 2.02. The lowest BCUT2D eigenvalue weighted by atomic mass is 10.2. The topological polar surface area (TPSA) is 64.7 Å². The number of rotatable bonds is 1. The van der Waals surface area contributed by atoms with Crippen molar-refractivity contribution in [3.8, 4) is 11.3 Å². The molecule has 0 atom stereocenters. The molecule has 0 aliphatic rings. The van der Waals surface area contributed by atoms with E-state index in [0.29, 0.717) is 0 Å². The van der Waals surface area contributed by atoms with Crippen LogP contribution in [0.3, 0.4) is 0 Å². The quantitative estimate of drug-likeness (QED) is 0.858. The summed E-state index contributed by atoms with van der Waals surface area (Å²) in [5, 5.41) is 0. The number of pyridine rings is 1. The molecule has 0 spiro atoms. The Morgan fingerprint density at radius 2 is 1.80 bits per heavy atom. The first-order valence-electron chi connectivity index (χ1n) is 4.37. The number of anilines is 1. The van der Waals surface area contributed by atoms with Gasteiger partial charge in [-0.1, -0.05) is 0 Å².